The molecule has 0 unspecified atom stereocenters. The van der Waals surface area contributed by atoms with Gasteiger partial charge in [0.05, 0.1) is 11.3 Å². The van der Waals surface area contributed by atoms with Crippen LogP contribution < -0.4 is 15.0 Å². The molecular formula is C27H28F3N5O2. The summed E-state index contributed by atoms with van der Waals surface area (Å²) in [6.07, 6.45) is -3.98. The van der Waals surface area contributed by atoms with E-state index < -0.39 is 17.7 Å². The molecule has 194 valence electrons. The van der Waals surface area contributed by atoms with E-state index in [0.29, 0.717) is 19.4 Å². The molecule has 3 aromatic rings. The molecule has 1 aromatic heterocycles. The maximum atomic E-state index is 13.1. The summed E-state index contributed by atoms with van der Waals surface area (Å²) in [6.45, 7) is 6.64. The number of aryl methyl sites for hydroxylation is 2. The van der Waals surface area contributed by atoms with Gasteiger partial charge in [-0.25, -0.2) is 0 Å². The van der Waals surface area contributed by atoms with Gasteiger partial charge in [0, 0.05) is 43.0 Å². The lowest BCUT2D eigenvalue weighted by molar-refractivity contribution is -0.274. The van der Waals surface area contributed by atoms with Gasteiger partial charge in [-0.3, -0.25) is 14.5 Å². The van der Waals surface area contributed by atoms with E-state index >= 15 is 0 Å². The Balaban J connectivity index is 1.40. The second kappa shape index (κ2) is 8.93. The number of piperidine rings is 1. The molecule has 37 heavy (non-hydrogen) atoms. The van der Waals surface area contributed by atoms with Crippen molar-refractivity contribution in [1.29, 1.82) is 0 Å². The predicted molar refractivity (Wildman–Crippen MR) is 135 cm³/mol. The molecule has 1 fully saturated rings. The Morgan fingerprint density at radius 2 is 1.89 bits per heavy atom. The molecule has 1 saturated heterocycles. The summed E-state index contributed by atoms with van der Waals surface area (Å²) in [7, 11) is 1.93. The number of ether oxygens (including phenoxy) is 1. The number of nitrogens with one attached hydrogen (secondary N) is 1. The quantitative estimate of drug-likeness (QED) is 0.541. The van der Waals surface area contributed by atoms with Gasteiger partial charge in [0.2, 0.25) is 0 Å². The van der Waals surface area contributed by atoms with Crippen molar-refractivity contribution in [3.8, 4) is 16.9 Å². The summed E-state index contributed by atoms with van der Waals surface area (Å²) in [6, 6.07) is 14.0. The van der Waals surface area contributed by atoms with Gasteiger partial charge in [-0.15, -0.1) is 13.2 Å². The molecule has 0 saturated carbocycles. The molecule has 0 radical (unpaired) electrons. The van der Waals surface area contributed by atoms with E-state index in [-0.39, 0.29) is 23.3 Å². The van der Waals surface area contributed by atoms with E-state index in [1.54, 1.807) is 6.07 Å². The van der Waals surface area contributed by atoms with Gasteiger partial charge in [0.25, 0.3) is 5.91 Å². The molecule has 2 aliphatic rings. The van der Waals surface area contributed by atoms with E-state index in [1.807, 2.05) is 44.6 Å². The first-order valence-corrected chi connectivity index (χ1v) is 12.1. The summed E-state index contributed by atoms with van der Waals surface area (Å²) >= 11 is 0. The number of amides is 1. The van der Waals surface area contributed by atoms with Crippen molar-refractivity contribution in [1.82, 2.24) is 15.1 Å². The number of halogens is 3. The number of para-hydroxylation sites is 1. The Kier molecular flexibility index (Phi) is 6.00. The first-order chi connectivity index (χ1) is 17.5. The number of carbonyl (C=O) groups excluding carboxylic acids is 1. The number of benzene rings is 2. The molecule has 2 aliphatic heterocycles. The molecule has 2 atom stereocenters. The maximum Gasteiger partial charge on any atom is 0.573 e. The van der Waals surface area contributed by atoms with Crippen LogP contribution in [0.4, 0.5) is 18.9 Å². The molecule has 5 rings (SSSR count). The molecule has 1 N–H and O–H groups in total. The lowest BCUT2D eigenvalue weighted by Crippen LogP contribution is -2.53. The second-order valence-corrected chi connectivity index (χ2v) is 9.71. The Bertz CT molecular complexity index is 1400. The van der Waals surface area contributed by atoms with Crippen LogP contribution in [0.15, 0.2) is 53.5 Å². The van der Waals surface area contributed by atoms with Gasteiger partial charge < -0.3 is 15.0 Å². The van der Waals surface area contributed by atoms with Crippen molar-refractivity contribution >= 4 is 17.4 Å². The van der Waals surface area contributed by atoms with Crippen LogP contribution in [0.3, 0.4) is 0 Å². The largest absolute Gasteiger partial charge is 0.573 e. The molecule has 2 aromatic carbocycles. The van der Waals surface area contributed by atoms with Gasteiger partial charge in [0.15, 0.2) is 0 Å². The van der Waals surface area contributed by atoms with Crippen molar-refractivity contribution in [2.75, 3.05) is 11.4 Å². The molecule has 7 nitrogen and oxygen atoms in total. The molecule has 10 heteroatoms. The van der Waals surface area contributed by atoms with Crippen molar-refractivity contribution in [3.63, 3.8) is 0 Å². The predicted octanol–water partition coefficient (Wildman–Crippen LogP) is 4.91. The zero-order valence-electron chi connectivity index (χ0n) is 21.1. The number of alkyl halides is 3. The van der Waals surface area contributed by atoms with Crippen molar-refractivity contribution in [3.05, 3.63) is 65.5 Å². The zero-order chi connectivity index (χ0) is 26.5. The van der Waals surface area contributed by atoms with E-state index in [2.05, 4.69) is 37.2 Å². The minimum absolute atomic E-state index is 0.0318. The van der Waals surface area contributed by atoms with Gasteiger partial charge in [-0.1, -0.05) is 24.3 Å². The average molecular weight is 512 g/mol. The third kappa shape index (κ3) is 4.56. The highest BCUT2D eigenvalue weighted by Crippen LogP contribution is 2.39. The Morgan fingerprint density at radius 3 is 2.57 bits per heavy atom. The number of aliphatic imine (C=N–C) groups is 1. The van der Waals surface area contributed by atoms with Crippen LogP contribution in [0.2, 0.25) is 0 Å². The van der Waals surface area contributed by atoms with Crippen LogP contribution in [0.5, 0.6) is 5.75 Å². The number of nitrogens with zero attached hydrogens (tertiary/aromatic N) is 4. The molecule has 1 amide bonds. The number of hydrogen-bond donors (Lipinski definition) is 1. The SMILES string of the molecule is Cc1nn(C)c(C)c1-c1cccc(N2CC[C@]3(C[C@@H]2C)N=C(c2ccccc2OC(F)(F)F)NC3=O)c1. The van der Waals surface area contributed by atoms with Gasteiger partial charge in [0.1, 0.15) is 17.1 Å². The Morgan fingerprint density at radius 1 is 1.14 bits per heavy atom. The standard InChI is InChI=1S/C27H28F3N5O2/c1-16-15-26(25(36)31-24(32-26)21-10-5-6-11-22(21)37-27(28,29)30)12-13-35(16)20-9-7-8-19(14-20)23-17(2)33-34(4)18(23)3/h5-11,14,16H,12-13,15H2,1-4H3,(H,31,32,36)/t16-,26+/m0/s1. The molecule has 0 bridgehead atoms. The minimum Gasteiger partial charge on any atom is -0.405 e. The van der Waals surface area contributed by atoms with Crippen LogP contribution >= 0.6 is 0 Å². The number of anilines is 1. The first-order valence-electron chi connectivity index (χ1n) is 12.1. The highest BCUT2D eigenvalue weighted by molar-refractivity contribution is 6.16. The minimum atomic E-state index is -4.85. The fraction of sp³-hybridized carbons (Fsp3) is 0.370. The van der Waals surface area contributed by atoms with E-state index in [1.165, 1.54) is 18.2 Å². The smallest absolute Gasteiger partial charge is 0.405 e. The normalized spacial score (nSPS) is 21.8. The van der Waals surface area contributed by atoms with E-state index in [4.69, 9.17) is 0 Å². The fourth-order valence-corrected chi connectivity index (χ4v) is 5.47. The molecule has 0 aliphatic carbocycles. The van der Waals surface area contributed by atoms with Gasteiger partial charge in [-0.05, 0) is 57.0 Å². The molecular weight excluding hydrogens is 483 g/mol. The number of hydrogen-bond acceptors (Lipinski definition) is 5. The van der Waals surface area contributed by atoms with E-state index in [0.717, 1.165) is 28.2 Å². The van der Waals surface area contributed by atoms with Crippen LogP contribution in [0.1, 0.15) is 36.7 Å². The lowest BCUT2D eigenvalue weighted by Gasteiger charge is -2.42. The van der Waals surface area contributed by atoms with Gasteiger partial charge in [-0.2, -0.15) is 5.10 Å². The number of rotatable bonds is 4. The fourth-order valence-electron chi connectivity index (χ4n) is 5.47. The summed E-state index contributed by atoms with van der Waals surface area (Å²) in [4.78, 5) is 20.0. The Hall–Kier alpha value is -3.82. The number of amidine groups is 1. The maximum absolute atomic E-state index is 13.1. The van der Waals surface area contributed by atoms with Gasteiger partial charge >= 0.3 is 6.36 Å². The summed E-state index contributed by atoms with van der Waals surface area (Å²) in [5.41, 5.74) is 4.33. The summed E-state index contributed by atoms with van der Waals surface area (Å²) in [5, 5.41) is 7.24. The summed E-state index contributed by atoms with van der Waals surface area (Å²) < 4.78 is 44.8. The van der Waals surface area contributed by atoms with Crippen LogP contribution in [-0.4, -0.2) is 46.0 Å². The molecule has 3 heterocycles. The highest BCUT2D eigenvalue weighted by Gasteiger charge is 2.48. The van der Waals surface area contributed by atoms with Crippen molar-refractivity contribution < 1.29 is 22.7 Å². The number of carbonyl (C=O) groups is 1. The Labute approximate surface area is 212 Å². The zero-order valence-corrected chi connectivity index (χ0v) is 21.1. The van der Waals surface area contributed by atoms with E-state index in [9.17, 15) is 18.0 Å². The second-order valence-electron chi connectivity index (χ2n) is 9.71. The third-order valence-electron chi connectivity index (χ3n) is 7.26. The monoisotopic (exact) mass is 511 g/mol. The van der Waals surface area contributed by atoms with Crippen molar-refractivity contribution in [2.45, 2.75) is 51.6 Å². The average Bonchev–Trinajstić information content (AvgIpc) is 3.27. The van der Waals surface area contributed by atoms with Crippen LogP contribution in [0, 0.1) is 13.8 Å². The topological polar surface area (TPSA) is 71.8 Å². The van der Waals surface area contributed by atoms with Crippen LogP contribution in [-0.2, 0) is 11.8 Å². The summed E-state index contributed by atoms with van der Waals surface area (Å²) in [5.74, 6) is -0.587. The molecule has 1 spiro atoms. The lowest BCUT2D eigenvalue weighted by atomic mass is 9.83. The third-order valence-corrected chi connectivity index (χ3v) is 7.26. The number of aromatic nitrogens is 2. The first kappa shape index (κ1) is 24.9. The highest BCUT2D eigenvalue weighted by atomic mass is 19.4. The van der Waals surface area contributed by atoms with Crippen LogP contribution in [0.25, 0.3) is 11.1 Å². The van der Waals surface area contributed by atoms with Crippen molar-refractivity contribution in [2.24, 2.45) is 12.0 Å².